The van der Waals surface area contributed by atoms with Crippen LogP contribution in [0.15, 0.2) is 24.5 Å². The van der Waals surface area contributed by atoms with Crippen LogP contribution in [-0.4, -0.2) is 24.8 Å². The minimum Gasteiger partial charge on any atom is -0.259 e. The van der Waals surface area contributed by atoms with E-state index in [2.05, 4.69) is 24.8 Å². The van der Waals surface area contributed by atoms with Gasteiger partial charge in [0.15, 0.2) is 5.82 Å². The number of aromatic nitrogens is 5. The van der Waals surface area contributed by atoms with Crippen molar-refractivity contribution < 1.29 is 0 Å². The lowest BCUT2D eigenvalue weighted by Gasteiger charge is -1.93. The molecule has 0 saturated heterocycles. The van der Waals surface area contributed by atoms with E-state index in [0.29, 0.717) is 0 Å². The van der Waals surface area contributed by atoms with Gasteiger partial charge in [-0.1, -0.05) is 4.49 Å². The summed E-state index contributed by atoms with van der Waals surface area (Å²) in [5.74, 6) is 0.764. The van der Waals surface area contributed by atoms with Crippen LogP contribution in [-0.2, 0) is 0 Å². The lowest BCUT2D eigenvalue weighted by atomic mass is 10.2. The second-order valence-corrected chi connectivity index (χ2v) is 3.58. The van der Waals surface area contributed by atoms with E-state index in [1.54, 1.807) is 0 Å². The highest BCUT2D eigenvalue weighted by molar-refractivity contribution is 7.12. The van der Waals surface area contributed by atoms with Crippen molar-refractivity contribution in [3.8, 4) is 11.4 Å². The Bertz CT molecular complexity index is 556. The number of aromatic amines is 1. The van der Waals surface area contributed by atoms with Gasteiger partial charge < -0.3 is 0 Å². The lowest BCUT2D eigenvalue weighted by Crippen LogP contribution is -1.79. The normalized spacial score (nSPS) is 10.9. The smallest absolute Gasteiger partial charge is 0.155 e. The molecule has 1 aromatic carbocycles. The molecule has 0 unspecified atom stereocenters. The molecule has 5 nitrogen and oxygen atoms in total. The zero-order valence-electron chi connectivity index (χ0n) is 7.01. The van der Waals surface area contributed by atoms with Crippen molar-refractivity contribution in [2.45, 2.75) is 0 Å². The average molecular weight is 203 g/mol. The molecule has 0 aliphatic heterocycles. The fourth-order valence-electron chi connectivity index (χ4n) is 1.27. The van der Waals surface area contributed by atoms with Gasteiger partial charge in [-0.2, -0.15) is 5.10 Å². The van der Waals surface area contributed by atoms with Gasteiger partial charge in [-0.25, -0.2) is 4.98 Å². The van der Waals surface area contributed by atoms with Crippen LogP contribution in [0, 0.1) is 0 Å². The highest BCUT2D eigenvalue weighted by Gasteiger charge is 2.03. The van der Waals surface area contributed by atoms with Crippen molar-refractivity contribution in [1.29, 1.82) is 0 Å². The van der Waals surface area contributed by atoms with E-state index < -0.39 is 0 Å². The number of fused-ring (bicyclic) bond motifs is 1. The van der Waals surface area contributed by atoms with Crippen molar-refractivity contribution in [2.24, 2.45) is 0 Å². The Kier molecular flexibility index (Phi) is 1.54. The summed E-state index contributed by atoms with van der Waals surface area (Å²) in [4.78, 5) is 4.07. The highest BCUT2D eigenvalue weighted by Crippen LogP contribution is 2.22. The Balaban J connectivity index is 2.23. The minimum atomic E-state index is 0.764. The molecule has 1 N–H and O–H groups in total. The summed E-state index contributed by atoms with van der Waals surface area (Å²) in [5, 5.41) is 10.6. The standard InChI is InChI=1S/C8H5N5S/c1-2-6-7(14-13-11-6)3-5(1)8-9-4-10-12-8/h1-4H,(H,9,10,12). The van der Waals surface area contributed by atoms with E-state index in [1.165, 1.54) is 17.9 Å². The summed E-state index contributed by atoms with van der Waals surface area (Å²) in [6.07, 6.45) is 1.49. The lowest BCUT2D eigenvalue weighted by molar-refractivity contribution is 1.10. The molecular weight excluding hydrogens is 198 g/mol. The van der Waals surface area contributed by atoms with Gasteiger partial charge in [0, 0.05) is 5.56 Å². The molecule has 2 heterocycles. The monoisotopic (exact) mass is 203 g/mol. The summed E-state index contributed by atoms with van der Waals surface area (Å²) in [5.41, 5.74) is 1.92. The number of rotatable bonds is 1. The number of H-pyrrole nitrogens is 1. The van der Waals surface area contributed by atoms with Crippen LogP contribution >= 0.6 is 11.5 Å². The molecule has 6 heteroatoms. The maximum atomic E-state index is 4.07. The molecule has 0 fully saturated rings. The van der Waals surface area contributed by atoms with Crippen LogP contribution in [0.4, 0.5) is 0 Å². The van der Waals surface area contributed by atoms with Crippen molar-refractivity contribution in [3.05, 3.63) is 24.5 Å². The summed E-state index contributed by atoms with van der Waals surface area (Å²) >= 11 is 1.38. The summed E-state index contributed by atoms with van der Waals surface area (Å²) < 4.78 is 4.92. The SMILES string of the molecule is c1n[nH]c(-c2ccc3nnsc3c2)n1. The molecule has 0 aliphatic carbocycles. The fraction of sp³-hybridized carbons (Fsp3) is 0. The largest absolute Gasteiger partial charge is 0.259 e. The summed E-state index contributed by atoms with van der Waals surface area (Å²) in [6.45, 7) is 0. The number of hydrogen-bond acceptors (Lipinski definition) is 5. The van der Waals surface area contributed by atoms with Gasteiger partial charge in [-0.3, -0.25) is 5.10 Å². The van der Waals surface area contributed by atoms with E-state index in [9.17, 15) is 0 Å². The predicted molar refractivity (Wildman–Crippen MR) is 52.8 cm³/mol. The number of hydrogen-bond donors (Lipinski definition) is 1. The van der Waals surface area contributed by atoms with Crippen molar-refractivity contribution in [1.82, 2.24) is 24.8 Å². The molecule has 14 heavy (non-hydrogen) atoms. The van der Waals surface area contributed by atoms with Crippen molar-refractivity contribution in [2.75, 3.05) is 0 Å². The van der Waals surface area contributed by atoms with Crippen LogP contribution in [0.2, 0.25) is 0 Å². The van der Waals surface area contributed by atoms with Crippen LogP contribution in [0.1, 0.15) is 0 Å². The Labute approximate surface area is 83.0 Å². The molecular formula is C8H5N5S. The maximum absolute atomic E-state index is 4.07. The summed E-state index contributed by atoms with van der Waals surface area (Å²) in [7, 11) is 0. The topological polar surface area (TPSA) is 67.3 Å². The Morgan fingerprint density at radius 1 is 1.29 bits per heavy atom. The van der Waals surface area contributed by atoms with Crippen molar-refractivity contribution in [3.63, 3.8) is 0 Å². The van der Waals surface area contributed by atoms with Gasteiger partial charge in [0.05, 0.1) is 4.70 Å². The van der Waals surface area contributed by atoms with Gasteiger partial charge in [-0.15, -0.1) is 5.10 Å². The van der Waals surface area contributed by atoms with E-state index in [-0.39, 0.29) is 0 Å². The van der Waals surface area contributed by atoms with Gasteiger partial charge in [0.1, 0.15) is 11.8 Å². The molecule has 68 valence electrons. The van der Waals surface area contributed by atoms with Crippen LogP contribution in [0.5, 0.6) is 0 Å². The first-order chi connectivity index (χ1) is 6.93. The number of nitrogens with one attached hydrogen (secondary N) is 1. The predicted octanol–water partition coefficient (Wildman–Crippen LogP) is 1.48. The third-order valence-electron chi connectivity index (χ3n) is 1.94. The third-order valence-corrected chi connectivity index (χ3v) is 2.62. The number of nitrogens with zero attached hydrogens (tertiary/aromatic N) is 4. The molecule has 0 aliphatic rings. The average Bonchev–Trinajstić information content (AvgIpc) is 2.88. The minimum absolute atomic E-state index is 0.764. The molecule has 3 aromatic rings. The van der Waals surface area contributed by atoms with Crippen LogP contribution in [0.3, 0.4) is 0 Å². The molecule has 2 aromatic heterocycles. The molecule has 0 radical (unpaired) electrons. The molecule has 0 bridgehead atoms. The van der Waals surface area contributed by atoms with Gasteiger partial charge in [0.2, 0.25) is 0 Å². The molecule has 0 amide bonds. The maximum Gasteiger partial charge on any atom is 0.155 e. The molecule has 0 spiro atoms. The van der Waals surface area contributed by atoms with E-state index in [4.69, 9.17) is 0 Å². The number of benzene rings is 1. The summed E-state index contributed by atoms with van der Waals surface area (Å²) in [6, 6.07) is 5.88. The second kappa shape index (κ2) is 2.85. The van der Waals surface area contributed by atoms with E-state index >= 15 is 0 Å². The molecule has 0 atom stereocenters. The zero-order chi connectivity index (χ0) is 9.38. The van der Waals surface area contributed by atoms with E-state index in [0.717, 1.165) is 21.6 Å². The second-order valence-electron chi connectivity index (χ2n) is 2.79. The Hall–Kier alpha value is -1.82. The van der Waals surface area contributed by atoms with Crippen LogP contribution < -0.4 is 0 Å². The Morgan fingerprint density at radius 2 is 2.29 bits per heavy atom. The first-order valence-electron chi connectivity index (χ1n) is 4.01. The quantitative estimate of drug-likeness (QED) is 0.650. The molecule has 0 saturated carbocycles. The van der Waals surface area contributed by atoms with E-state index in [1.807, 2.05) is 18.2 Å². The first-order valence-corrected chi connectivity index (χ1v) is 4.79. The van der Waals surface area contributed by atoms with Gasteiger partial charge in [-0.05, 0) is 29.7 Å². The Morgan fingerprint density at radius 3 is 3.14 bits per heavy atom. The first kappa shape index (κ1) is 7.57. The zero-order valence-corrected chi connectivity index (χ0v) is 7.82. The van der Waals surface area contributed by atoms with Gasteiger partial charge in [0.25, 0.3) is 0 Å². The van der Waals surface area contributed by atoms with Crippen LogP contribution in [0.25, 0.3) is 21.6 Å². The fourth-order valence-corrected chi connectivity index (χ4v) is 1.87. The third kappa shape index (κ3) is 1.08. The van der Waals surface area contributed by atoms with Crippen molar-refractivity contribution >= 4 is 21.7 Å². The van der Waals surface area contributed by atoms with Gasteiger partial charge >= 0.3 is 0 Å². The highest BCUT2D eigenvalue weighted by atomic mass is 32.1. The molecule has 3 rings (SSSR count).